The van der Waals surface area contributed by atoms with Gasteiger partial charge in [0.15, 0.2) is 6.61 Å². The number of nitrogens with one attached hydrogen (secondary N) is 1. The minimum absolute atomic E-state index is 0.0153. The van der Waals surface area contributed by atoms with Crippen molar-refractivity contribution in [2.75, 3.05) is 25.0 Å². The Hall–Kier alpha value is -2.87. The van der Waals surface area contributed by atoms with Crippen molar-refractivity contribution in [3.05, 3.63) is 46.7 Å². The number of thiophene rings is 1. The van der Waals surface area contributed by atoms with E-state index in [9.17, 15) is 14.4 Å². The number of primary amides is 1. The van der Waals surface area contributed by atoms with E-state index in [4.69, 9.17) is 10.5 Å². The lowest BCUT2D eigenvalue weighted by Crippen LogP contribution is -2.43. The molecule has 3 amide bonds. The number of hydrogen-bond acceptors (Lipinski definition) is 5. The molecule has 7 nitrogen and oxygen atoms in total. The Kier molecular flexibility index (Phi) is 6.08. The van der Waals surface area contributed by atoms with Crippen LogP contribution in [0.4, 0.5) is 5.69 Å². The number of rotatable bonds is 6. The molecule has 1 aromatic carbocycles. The van der Waals surface area contributed by atoms with Crippen molar-refractivity contribution in [1.29, 1.82) is 0 Å². The zero-order valence-corrected chi connectivity index (χ0v) is 15.5. The number of nitrogens with zero attached hydrogens (tertiary/aromatic N) is 1. The summed E-state index contributed by atoms with van der Waals surface area (Å²) in [6.45, 7) is 0.899. The second-order valence-electron chi connectivity index (χ2n) is 6.34. The van der Waals surface area contributed by atoms with Gasteiger partial charge >= 0.3 is 0 Å². The molecule has 1 unspecified atom stereocenters. The highest BCUT2D eigenvalue weighted by atomic mass is 32.1. The van der Waals surface area contributed by atoms with Gasteiger partial charge in [-0.3, -0.25) is 14.4 Å². The molecule has 8 heteroatoms. The molecule has 1 fully saturated rings. The zero-order chi connectivity index (χ0) is 19.2. The van der Waals surface area contributed by atoms with Crippen LogP contribution in [0.25, 0.3) is 0 Å². The van der Waals surface area contributed by atoms with Gasteiger partial charge in [-0.05, 0) is 48.6 Å². The molecule has 0 spiro atoms. The predicted octanol–water partition coefficient (Wildman–Crippen LogP) is 2.10. The minimum Gasteiger partial charge on any atom is -0.484 e. The third-order valence-corrected chi connectivity index (χ3v) is 5.17. The topological polar surface area (TPSA) is 102 Å². The van der Waals surface area contributed by atoms with Crippen LogP contribution in [0.5, 0.6) is 5.75 Å². The lowest BCUT2D eigenvalue weighted by Gasteiger charge is -2.31. The molecule has 0 radical (unpaired) electrons. The van der Waals surface area contributed by atoms with Gasteiger partial charge in [0, 0.05) is 18.8 Å². The van der Waals surface area contributed by atoms with Crippen LogP contribution in [0, 0.1) is 5.92 Å². The fourth-order valence-corrected chi connectivity index (χ4v) is 3.66. The molecule has 0 bridgehead atoms. The SMILES string of the molecule is NC(=O)COc1ccc(NC(=O)C2CCCN(C(=O)c3cccs3)C2)cc1. The lowest BCUT2D eigenvalue weighted by molar-refractivity contribution is -0.121. The number of hydrogen-bond donors (Lipinski definition) is 2. The number of likely N-dealkylation sites (tertiary alicyclic amines) is 1. The number of carbonyl (C=O) groups is 3. The van der Waals surface area contributed by atoms with Gasteiger partial charge in [-0.1, -0.05) is 6.07 Å². The first-order chi connectivity index (χ1) is 13.0. The molecule has 0 saturated carbocycles. The Morgan fingerprint density at radius 1 is 1.22 bits per heavy atom. The van der Waals surface area contributed by atoms with Crippen molar-refractivity contribution in [3.8, 4) is 5.75 Å². The number of anilines is 1. The maximum absolute atomic E-state index is 12.6. The quantitative estimate of drug-likeness (QED) is 0.792. The van der Waals surface area contributed by atoms with Crippen LogP contribution in [0.2, 0.25) is 0 Å². The highest BCUT2D eigenvalue weighted by Crippen LogP contribution is 2.22. The molecule has 2 aromatic rings. The molecule has 3 rings (SSSR count). The Bertz CT molecular complexity index is 805. The van der Waals surface area contributed by atoms with Crippen LogP contribution < -0.4 is 15.8 Å². The van der Waals surface area contributed by atoms with Gasteiger partial charge in [0.1, 0.15) is 5.75 Å². The van der Waals surface area contributed by atoms with Crippen LogP contribution in [0.15, 0.2) is 41.8 Å². The third-order valence-electron chi connectivity index (χ3n) is 4.31. The van der Waals surface area contributed by atoms with Crippen molar-refractivity contribution in [1.82, 2.24) is 4.90 Å². The maximum Gasteiger partial charge on any atom is 0.263 e. The number of nitrogens with two attached hydrogens (primary N) is 1. The monoisotopic (exact) mass is 387 g/mol. The van der Waals surface area contributed by atoms with Crippen molar-refractivity contribution in [2.45, 2.75) is 12.8 Å². The van der Waals surface area contributed by atoms with E-state index in [1.54, 1.807) is 35.2 Å². The summed E-state index contributed by atoms with van der Waals surface area (Å²) in [7, 11) is 0. The normalized spacial score (nSPS) is 16.6. The first-order valence-corrected chi connectivity index (χ1v) is 9.55. The van der Waals surface area contributed by atoms with Crippen LogP contribution in [-0.4, -0.2) is 42.3 Å². The average Bonchev–Trinajstić information content (AvgIpc) is 3.21. The van der Waals surface area contributed by atoms with Gasteiger partial charge in [0.25, 0.3) is 11.8 Å². The van der Waals surface area contributed by atoms with Gasteiger partial charge in [-0.25, -0.2) is 0 Å². The third kappa shape index (κ3) is 5.07. The summed E-state index contributed by atoms with van der Waals surface area (Å²) < 4.78 is 5.19. The summed E-state index contributed by atoms with van der Waals surface area (Å²) in [6, 6.07) is 10.4. The number of carbonyl (C=O) groups excluding carboxylic acids is 3. The Balaban J connectivity index is 1.55. The lowest BCUT2D eigenvalue weighted by atomic mass is 9.97. The summed E-state index contributed by atoms with van der Waals surface area (Å²) in [5, 5.41) is 4.75. The largest absolute Gasteiger partial charge is 0.484 e. The number of amides is 3. The van der Waals surface area contributed by atoms with Crippen molar-refractivity contribution >= 4 is 34.7 Å². The van der Waals surface area contributed by atoms with E-state index in [-0.39, 0.29) is 24.3 Å². The van der Waals surface area contributed by atoms with Gasteiger partial charge < -0.3 is 20.7 Å². The van der Waals surface area contributed by atoms with Gasteiger partial charge in [0.2, 0.25) is 5.91 Å². The molecule has 0 aliphatic carbocycles. The molecule has 1 aliphatic heterocycles. The Labute approximate surface area is 161 Å². The fourth-order valence-electron chi connectivity index (χ4n) is 2.96. The summed E-state index contributed by atoms with van der Waals surface area (Å²) in [5.41, 5.74) is 5.67. The van der Waals surface area contributed by atoms with E-state index < -0.39 is 5.91 Å². The predicted molar refractivity (Wildman–Crippen MR) is 103 cm³/mol. The molecule has 3 N–H and O–H groups in total. The summed E-state index contributed by atoms with van der Waals surface area (Å²) in [4.78, 5) is 38.2. The second kappa shape index (κ2) is 8.68. The Morgan fingerprint density at radius 3 is 2.67 bits per heavy atom. The number of ether oxygens (including phenoxy) is 1. The van der Waals surface area contributed by atoms with E-state index in [0.717, 1.165) is 12.8 Å². The van der Waals surface area contributed by atoms with E-state index in [1.165, 1.54) is 11.3 Å². The van der Waals surface area contributed by atoms with Gasteiger partial charge in [0.05, 0.1) is 10.8 Å². The molecule has 1 aliphatic rings. The number of benzene rings is 1. The number of piperidine rings is 1. The smallest absolute Gasteiger partial charge is 0.263 e. The molecular weight excluding hydrogens is 366 g/mol. The average molecular weight is 387 g/mol. The molecule has 1 atom stereocenters. The molecule has 1 saturated heterocycles. The van der Waals surface area contributed by atoms with Crippen LogP contribution >= 0.6 is 11.3 Å². The first-order valence-electron chi connectivity index (χ1n) is 8.68. The van der Waals surface area contributed by atoms with E-state index in [2.05, 4.69) is 5.32 Å². The fraction of sp³-hybridized carbons (Fsp3) is 0.316. The van der Waals surface area contributed by atoms with E-state index >= 15 is 0 Å². The Morgan fingerprint density at radius 2 is 2.00 bits per heavy atom. The van der Waals surface area contributed by atoms with Crippen LogP contribution in [0.1, 0.15) is 22.5 Å². The summed E-state index contributed by atoms with van der Waals surface area (Å²) in [5.74, 6) is -0.417. The second-order valence-corrected chi connectivity index (χ2v) is 7.28. The molecule has 142 valence electrons. The maximum atomic E-state index is 12.6. The van der Waals surface area contributed by atoms with Crippen LogP contribution in [0.3, 0.4) is 0 Å². The highest BCUT2D eigenvalue weighted by molar-refractivity contribution is 7.12. The standard InChI is InChI=1S/C19H21N3O4S/c20-17(23)12-26-15-7-5-14(6-8-15)21-18(24)13-3-1-9-22(11-13)19(25)16-4-2-10-27-16/h2,4-8,10,13H,1,3,9,11-12H2,(H2,20,23)(H,21,24). The van der Waals surface area contributed by atoms with Gasteiger partial charge in [-0.15, -0.1) is 11.3 Å². The minimum atomic E-state index is -0.550. The zero-order valence-electron chi connectivity index (χ0n) is 14.7. The van der Waals surface area contributed by atoms with Gasteiger partial charge in [-0.2, -0.15) is 0 Å². The first kappa shape index (κ1) is 18.9. The van der Waals surface area contributed by atoms with Crippen LogP contribution in [-0.2, 0) is 9.59 Å². The molecule has 2 heterocycles. The van der Waals surface area contributed by atoms with Crippen molar-refractivity contribution < 1.29 is 19.1 Å². The van der Waals surface area contributed by atoms with Crippen molar-refractivity contribution in [2.24, 2.45) is 11.7 Å². The highest BCUT2D eigenvalue weighted by Gasteiger charge is 2.29. The molecule has 27 heavy (non-hydrogen) atoms. The summed E-state index contributed by atoms with van der Waals surface area (Å²) in [6.07, 6.45) is 1.55. The van der Waals surface area contributed by atoms with Crippen molar-refractivity contribution in [3.63, 3.8) is 0 Å². The molecular formula is C19H21N3O4S. The van der Waals surface area contributed by atoms with E-state index in [0.29, 0.717) is 29.4 Å². The van der Waals surface area contributed by atoms with E-state index in [1.807, 2.05) is 11.4 Å². The molecule has 1 aromatic heterocycles. The summed E-state index contributed by atoms with van der Waals surface area (Å²) >= 11 is 1.41.